The molecule has 1 aliphatic rings. The van der Waals surface area contributed by atoms with Crippen LogP contribution in [0.15, 0.2) is 18.2 Å². The first-order valence-electron chi connectivity index (χ1n) is 9.22. The zero-order valence-corrected chi connectivity index (χ0v) is 16.2. The van der Waals surface area contributed by atoms with E-state index in [1.165, 1.54) is 0 Å². The van der Waals surface area contributed by atoms with Gasteiger partial charge in [0.1, 0.15) is 0 Å². The highest BCUT2D eigenvalue weighted by molar-refractivity contribution is 5.89. The molecule has 2 rings (SSSR count). The van der Waals surface area contributed by atoms with Crippen LogP contribution < -0.4 is 15.2 Å². The van der Waals surface area contributed by atoms with E-state index in [-0.39, 0.29) is 17.7 Å². The van der Waals surface area contributed by atoms with Crippen LogP contribution in [0.4, 0.5) is 0 Å². The minimum absolute atomic E-state index is 0.113. The summed E-state index contributed by atoms with van der Waals surface area (Å²) in [6.07, 6.45) is 2.54. The smallest absolute Gasteiger partial charge is 0.233 e. The predicted octanol–water partition coefficient (Wildman–Crippen LogP) is 2.49. The summed E-state index contributed by atoms with van der Waals surface area (Å²) < 4.78 is 10.7. The van der Waals surface area contributed by atoms with Crippen LogP contribution in [0.2, 0.25) is 0 Å². The second kappa shape index (κ2) is 8.43. The Morgan fingerprint density at radius 3 is 2.38 bits per heavy atom. The minimum Gasteiger partial charge on any atom is -0.493 e. The van der Waals surface area contributed by atoms with Crippen LogP contribution in [0.3, 0.4) is 0 Å². The molecule has 0 aliphatic carbocycles. The zero-order chi connectivity index (χ0) is 19.3. The Bertz CT molecular complexity index is 655. The number of rotatable bonds is 8. The SMILES string of the molecule is CCC(CC)(C(=O)N1CCC(CC(N)=O)C1)c1ccc(OC)c(OC)c1. The summed E-state index contributed by atoms with van der Waals surface area (Å²) in [4.78, 5) is 26.5. The number of hydrogen-bond acceptors (Lipinski definition) is 4. The van der Waals surface area contributed by atoms with Crippen molar-refractivity contribution in [2.24, 2.45) is 11.7 Å². The first-order chi connectivity index (χ1) is 12.4. The van der Waals surface area contributed by atoms with E-state index in [9.17, 15) is 9.59 Å². The molecule has 2 N–H and O–H groups in total. The molecule has 1 aliphatic heterocycles. The predicted molar refractivity (Wildman–Crippen MR) is 100 cm³/mol. The first kappa shape index (κ1) is 20.1. The fourth-order valence-corrected chi connectivity index (χ4v) is 3.99. The van der Waals surface area contributed by atoms with E-state index >= 15 is 0 Å². The Labute approximate surface area is 155 Å². The summed E-state index contributed by atoms with van der Waals surface area (Å²) in [6.45, 7) is 5.34. The van der Waals surface area contributed by atoms with E-state index in [0.29, 0.717) is 43.9 Å². The van der Waals surface area contributed by atoms with Crippen LogP contribution in [-0.4, -0.2) is 44.0 Å². The van der Waals surface area contributed by atoms with E-state index in [2.05, 4.69) is 0 Å². The van der Waals surface area contributed by atoms with Gasteiger partial charge in [-0.1, -0.05) is 19.9 Å². The molecule has 6 heteroatoms. The largest absolute Gasteiger partial charge is 0.493 e. The van der Waals surface area contributed by atoms with Crippen LogP contribution in [0.5, 0.6) is 11.5 Å². The second-order valence-electron chi connectivity index (χ2n) is 6.94. The highest BCUT2D eigenvalue weighted by Crippen LogP contribution is 2.39. The molecule has 0 saturated carbocycles. The van der Waals surface area contributed by atoms with Crippen LogP contribution in [0.25, 0.3) is 0 Å². The van der Waals surface area contributed by atoms with Crippen molar-refractivity contribution in [1.82, 2.24) is 4.90 Å². The fraction of sp³-hybridized carbons (Fsp3) is 0.600. The number of carbonyl (C=O) groups excluding carboxylic acids is 2. The van der Waals surface area contributed by atoms with Crippen molar-refractivity contribution in [2.45, 2.75) is 44.9 Å². The van der Waals surface area contributed by atoms with Gasteiger partial charge in [-0.15, -0.1) is 0 Å². The Kier molecular flexibility index (Phi) is 6.51. The summed E-state index contributed by atoms with van der Waals surface area (Å²) in [5.74, 6) is 1.24. The molecule has 1 atom stereocenters. The van der Waals surface area contributed by atoms with E-state index in [1.54, 1.807) is 14.2 Å². The van der Waals surface area contributed by atoms with Gasteiger partial charge in [0.25, 0.3) is 0 Å². The summed E-state index contributed by atoms with van der Waals surface area (Å²) in [5.41, 5.74) is 5.64. The monoisotopic (exact) mass is 362 g/mol. The summed E-state index contributed by atoms with van der Waals surface area (Å²) in [5, 5.41) is 0. The van der Waals surface area contributed by atoms with Crippen molar-refractivity contribution in [3.63, 3.8) is 0 Å². The normalized spacial score (nSPS) is 17.2. The minimum atomic E-state index is -0.610. The van der Waals surface area contributed by atoms with Gasteiger partial charge in [0, 0.05) is 19.5 Å². The molecule has 0 bridgehead atoms. The summed E-state index contributed by atoms with van der Waals surface area (Å²) in [6, 6.07) is 5.70. The molecule has 1 saturated heterocycles. The maximum absolute atomic E-state index is 13.5. The molecule has 2 amide bonds. The molecule has 1 aromatic rings. The lowest BCUT2D eigenvalue weighted by Gasteiger charge is -2.35. The van der Waals surface area contributed by atoms with Crippen LogP contribution in [-0.2, 0) is 15.0 Å². The Morgan fingerprint density at radius 1 is 1.19 bits per heavy atom. The molecular formula is C20H30N2O4. The molecule has 0 aromatic heterocycles. The van der Waals surface area contributed by atoms with Gasteiger partial charge in [-0.25, -0.2) is 0 Å². The number of primary amides is 1. The number of likely N-dealkylation sites (tertiary alicyclic amines) is 1. The van der Waals surface area contributed by atoms with Gasteiger partial charge in [0.2, 0.25) is 11.8 Å². The van der Waals surface area contributed by atoms with E-state index < -0.39 is 5.41 Å². The summed E-state index contributed by atoms with van der Waals surface area (Å²) in [7, 11) is 3.19. The quantitative estimate of drug-likeness (QED) is 0.770. The first-order valence-corrected chi connectivity index (χ1v) is 9.22. The van der Waals surface area contributed by atoms with E-state index in [0.717, 1.165) is 12.0 Å². The lowest BCUT2D eigenvalue weighted by molar-refractivity contribution is -0.137. The van der Waals surface area contributed by atoms with Gasteiger partial charge in [0.15, 0.2) is 11.5 Å². The molecule has 1 aromatic carbocycles. The third kappa shape index (κ3) is 3.79. The Morgan fingerprint density at radius 2 is 1.85 bits per heavy atom. The molecule has 1 heterocycles. The van der Waals surface area contributed by atoms with Crippen molar-refractivity contribution >= 4 is 11.8 Å². The third-order valence-corrected chi connectivity index (χ3v) is 5.62. The number of carbonyl (C=O) groups is 2. The van der Waals surface area contributed by atoms with Gasteiger partial charge >= 0.3 is 0 Å². The number of amides is 2. The number of ether oxygens (including phenoxy) is 2. The number of hydrogen-bond donors (Lipinski definition) is 1. The number of nitrogens with two attached hydrogens (primary N) is 1. The highest BCUT2D eigenvalue weighted by Gasteiger charge is 2.42. The van der Waals surface area contributed by atoms with Crippen molar-refractivity contribution in [1.29, 1.82) is 0 Å². The summed E-state index contributed by atoms with van der Waals surface area (Å²) >= 11 is 0. The van der Waals surface area contributed by atoms with E-state index in [1.807, 2.05) is 36.9 Å². The maximum atomic E-state index is 13.5. The number of nitrogens with zero attached hydrogens (tertiary/aromatic N) is 1. The molecule has 0 radical (unpaired) electrons. The number of benzene rings is 1. The topological polar surface area (TPSA) is 81.9 Å². The van der Waals surface area contributed by atoms with Gasteiger partial charge in [-0.3, -0.25) is 9.59 Å². The van der Waals surface area contributed by atoms with Crippen molar-refractivity contribution in [3.05, 3.63) is 23.8 Å². The van der Waals surface area contributed by atoms with Gasteiger partial charge in [0.05, 0.1) is 19.6 Å². The van der Waals surface area contributed by atoms with Gasteiger partial charge in [-0.05, 0) is 42.9 Å². The van der Waals surface area contributed by atoms with Gasteiger partial charge in [-0.2, -0.15) is 0 Å². The van der Waals surface area contributed by atoms with Crippen LogP contribution >= 0.6 is 0 Å². The molecule has 0 spiro atoms. The Balaban J connectivity index is 2.32. The van der Waals surface area contributed by atoms with Gasteiger partial charge < -0.3 is 20.1 Å². The molecule has 6 nitrogen and oxygen atoms in total. The average Bonchev–Trinajstić information content (AvgIpc) is 3.10. The standard InChI is InChI=1S/C20H30N2O4/c1-5-20(6-2,15-7-8-16(25-3)17(12-15)26-4)19(24)22-10-9-14(13-22)11-18(21)23/h7-8,12,14H,5-6,9-11,13H2,1-4H3,(H2,21,23). The molecule has 26 heavy (non-hydrogen) atoms. The molecule has 1 unspecified atom stereocenters. The van der Waals surface area contributed by atoms with E-state index in [4.69, 9.17) is 15.2 Å². The van der Waals surface area contributed by atoms with Crippen LogP contribution in [0, 0.1) is 5.92 Å². The fourth-order valence-electron chi connectivity index (χ4n) is 3.99. The van der Waals surface area contributed by atoms with Crippen molar-refractivity contribution in [3.8, 4) is 11.5 Å². The Hall–Kier alpha value is -2.24. The van der Waals surface area contributed by atoms with Crippen molar-refractivity contribution < 1.29 is 19.1 Å². The third-order valence-electron chi connectivity index (χ3n) is 5.62. The maximum Gasteiger partial charge on any atom is 0.233 e. The molecular weight excluding hydrogens is 332 g/mol. The zero-order valence-electron chi connectivity index (χ0n) is 16.2. The van der Waals surface area contributed by atoms with Crippen LogP contribution in [0.1, 0.15) is 45.1 Å². The lowest BCUT2D eigenvalue weighted by Crippen LogP contribution is -2.45. The number of methoxy groups -OCH3 is 2. The highest BCUT2D eigenvalue weighted by atomic mass is 16.5. The lowest BCUT2D eigenvalue weighted by atomic mass is 9.74. The second-order valence-corrected chi connectivity index (χ2v) is 6.94. The average molecular weight is 362 g/mol. The van der Waals surface area contributed by atoms with Crippen molar-refractivity contribution in [2.75, 3.05) is 27.3 Å². The molecule has 1 fully saturated rings. The molecule has 144 valence electrons.